The van der Waals surface area contributed by atoms with Crippen molar-refractivity contribution >= 4 is 43.2 Å². The summed E-state index contributed by atoms with van der Waals surface area (Å²) in [7, 11) is -3.80. The first-order valence-electron chi connectivity index (χ1n) is 8.10. The molecule has 3 aromatic carbocycles. The normalized spacial score (nSPS) is 11.0. The van der Waals surface area contributed by atoms with Crippen LogP contribution in [-0.2, 0) is 10.0 Å². The number of nitrogens with one attached hydrogen (secondary N) is 2. The maximum Gasteiger partial charge on any atom is 0.261 e. The second-order valence-corrected chi connectivity index (χ2v) is 8.47. The topological polar surface area (TPSA) is 75.3 Å². The molecular formula is C20H17BrN2O3S. The standard InChI is InChI=1S/C20H17BrN2O3S/c1-14-9-11-16(12-10-14)23-27(25,26)17-6-4-5-15(13-17)20(24)22-19-8-3-2-7-18(19)21/h2-13,23H,1H3,(H,22,24). The van der Waals surface area contributed by atoms with Gasteiger partial charge in [0.2, 0.25) is 0 Å². The fourth-order valence-corrected chi connectivity index (χ4v) is 3.89. The second kappa shape index (κ2) is 7.94. The molecular weight excluding hydrogens is 428 g/mol. The van der Waals surface area contributed by atoms with Crippen molar-refractivity contribution in [3.63, 3.8) is 0 Å². The molecule has 0 aliphatic rings. The van der Waals surface area contributed by atoms with Gasteiger partial charge in [0, 0.05) is 15.7 Å². The van der Waals surface area contributed by atoms with Crippen molar-refractivity contribution in [3.05, 3.63) is 88.4 Å². The number of anilines is 2. The van der Waals surface area contributed by atoms with Crippen molar-refractivity contribution in [2.45, 2.75) is 11.8 Å². The summed E-state index contributed by atoms with van der Waals surface area (Å²) in [5.74, 6) is -0.394. The zero-order chi connectivity index (χ0) is 19.4. The molecule has 0 bridgehead atoms. The molecule has 0 fully saturated rings. The molecule has 0 saturated heterocycles. The van der Waals surface area contributed by atoms with Gasteiger partial charge in [-0.25, -0.2) is 8.42 Å². The minimum atomic E-state index is -3.80. The van der Waals surface area contributed by atoms with Crippen molar-refractivity contribution in [2.75, 3.05) is 10.0 Å². The summed E-state index contributed by atoms with van der Waals surface area (Å²) in [6, 6.07) is 20.1. The van der Waals surface area contributed by atoms with Gasteiger partial charge in [-0.2, -0.15) is 0 Å². The molecule has 3 aromatic rings. The van der Waals surface area contributed by atoms with E-state index in [9.17, 15) is 13.2 Å². The molecule has 0 spiro atoms. The third-order valence-corrected chi connectivity index (χ3v) is 5.90. The first-order valence-corrected chi connectivity index (χ1v) is 10.4. The van der Waals surface area contributed by atoms with Gasteiger partial charge in [0.25, 0.3) is 15.9 Å². The third-order valence-electron chi connectivity index (χ3n) is 3.83. The van der Waals surface area contributed by atoms with E-state index in [0.29, 0.717) is 11.4 Å². The summed E-state index contributed by atoms with van der Waals surface area (Å²) in [6.07, 6.45) is 0. The summed E-state index contributed by atoms with van der Waals surface area (Å²) < 4.78 is 28.5. The minimum absolute atomic E-state index is 0.0165. The van der Waals surface area contributed by atoms with Gasteiger partial charge in [0.15, 0.2) is 0 Å². The van der Waals surface area contributed by atoms with Gasteiger partial charge >= 0.3 is 0 Å². The number of aryl methyl sites for hydroxylation is 1. The van der Waals surface area contributed by atoms with E-state index in [4.69, 9.17) is 0 Å². The number of sulfonamides is 1. The number of carbonyl (C=O) groups excluding carboxylic acids is 1. The van der Waals surface area contributed by atoms with E-state index in [0.717, 1.165) is 10.0 Å². The number of carbonyl (C=O) groups is 1. The predicted octanol–water partition coefficient (Wildman–Crippen LogP) is 4.81. The summed E-state index contributed by atoms with van der Waals surface area (Å²) in [5.41, 5.74) is 2.35. The number of para-hydroxylation sites is 1. The fourth-order valence-electron chi connectivity index (χ4n) is 2.40. The van der Waals surface area contributed by atoms with Gasteiger partial charge in [-0.3, -0.25) is 9.52 Å². The molecule has 0 saturated carbocycles. The quantitative estimate of drug-likeness (QED) is 0.592. The maximum atomic E-state index is 12.6. The van der Waals surface area contributed by atoms with Crippen LogP contribution in [0.1, 0.15) is 15.9 Å². The molecule has 0 heterocycles. The van der Waals surface area contributed by atoms with Crippen molar-refractivity contribution in [1.29, 1.82) is 0 Å². The number of rotatable bonds is 5. The van der Waals surface area contributed by atoms with Crippen LogP contribution in [-0.4, -0.2) is 14.3 Å². The number of hydrogen-bond donors (Lipinski definition) is 2. The Morgan fingerprint density at radius 2 is 1.63 bits per heavy atom. The van der Waals surface area contributed by atoms with Crippen LogP contribution in [0.4, 0.5) is 11.4 Å². The maximum absolute atomic E-state index is 12.6. The Morgan fingerprint density at radius 1 is 0.926 bits per heavy atom. The van der Waals surface area contributed by atoms with Crippen LogP contribution >= 0.6 is 15.9 Å². The highest BCUT2D eigenvalue weighted by atomic mass is 79.9. The molecule has 138 valence electrons. The lowest BCUT2D eigenvalue weighted by Gasteiger charge is -2.11. The number of amides is 1. The molecule has 0 unspecified atom stereocenters. The van der Waals surface area contributed by atoms with E-state index in [2.05, 4.69) is 26.0 Å². The highest BCUT2D eigenvalue weighted by Crippen LogP contribution is 2.23. The van der Waals surface area contributed by atoms with E-state index in [1.165, 1.54) is 12.1 Å². The average Bonchev–Trinajstić information content (AvgIpc) is 2.65. The summed E-state index contributed by atoms with van der Waals surface area (Å²) in [6.45, 7) is 1.92. The lowest BCUT2D eigenvalue weighted by molar-refractivity contribution is 0.102. The zero-order valence-electron chi connectivity index (χ0n) is 14.4. The van der Waals surface area contributed by atoms with E-state index < -0.39 is 15.9 Å². The molecule has 0 aliphatic carbocycles. The highest BCUT2D eigenvalue weighted by molar-refractivity contribution is 9.10. The minimum Gasteiger partial charge on any atom is -0.321 e. The lowest BCUT2D eigenvalue weighted by atomic mass is 10.2. The Bertz CT molecular complexity index is 1080. The number of hydrogen-bond acceptors (Lipinski definition) is 3. The molecule has 5 nitrogen and oxygen atoms in total. The van der Waals surface area contributed by atoms with Gasteiger partial charge in [0.05, 0.1) is 10.6 Å². The van der Waals surface area contributed by atoms with Crippen molar-refractivity contribution in [3.8, 4) is 0 Å². The van der Waals surface area contributed by atoms with E-state index in [1.807, 2.05) is 31.2 Å². The summed E-state index contributed by atoms with van der Waals surface area (Å²) in [5, 5.41) is 2.76. The molecule has 7 heteroatoms. The molecule has 27 heavy (non-hydrogen) atoms. The lowest BCUT2D eigenvalue weighted by Crippen LogP contribution is -2.16. The number of halogens is 1. The van der Waals surface area contributed by atoms with Crippen LogP contribution in [0.25, 0.3) is 0 Å². The monoisotopic (exact) mass is 444 g/mol. The Kier molecular flexibility index (Phi) is 5.62. The Balaban J connectivity index is 1.83. The first kappa shape index (κ1) is 19.1. The van der Waals surface area contributed by atoms with E-state index in [-0.39, 0.29) is 10.5 Å². The first-order chi connectivity index (χ1) is 12.8. The van der Waals surface area contributed by atoms with Crippen LogP contribution in [0.15, 0.2) is 82.2 Å². The van der Waals surface area contributed by atoms with Crippen LogP contribution in [0, 0.1) is 6.92 Å². The van der Waals surface area contributed by atoms with Crippen LogP contribution in [0.5, 0.6) is 0 Å². The van der Waals surface area contributed by atoms with Crippen LogP contribution in [0.3, 0.4) is 0 Å². The SMILES string of the molecule is Cc1ccc(NS(=O)(=O)c2cccc(C(=O)Nc3ccccc3Br)c2)cc1. The van der Waals surface area contributed by atoms with Crippen LogP contribution < -0.4 is 10.0 Å². The van der Waals surface area contributed by atoms with Crippen LogP contribution in [0.2, 0.25) is 0 Å². The smallest absolute Gasteiger partial charge is 0.261 e. The molecule has 0 aromatic heterocycles. The Labute approximate surface area is 166 Å². The zero-order valence-corrected chi connectivity index (χ0v) is 16.8. The molecule has 0 radical (unpaired) electrons. The van der Waals surface area contributed by atoms with E-state index in [1.54, 1.807) is 36.4 Å². The highest BCUT2D eigenvalue weighted by Gasteiger charge is 2.17. The van der Waals surface area contributed by atoms with Gasteiger partial charge in [-0.05, 0) is 65.3 Å². The van der Waals surface area contributed by atoms with Crippen molar-refractivity contribution in [1.82, 2.24) is 0 Å². The summed E-state index contributed by atoms with van der Waals surface area (Å²) >= 11 is 3.37. The molecule has 3 rings (SSSR count). The Morgan fingerprint density at radius 3 is 2.33 bits per heavy atom. The summed E-state index contributed by atoms with van der Waals surface area (Å²) in [4.78, 5) is 12.5. The molecule has 0 atom stereocenters. The number of benzene rings is 3. The van der Waals surface area contributed by atoms with Gasteiger partial charge < -0.3 is 5.32 Å². The van der Waals surface area contributed by atoms with E-state index >= 15 is 0 Å². The van der Waals surface area contributed by atoms with Crippen molar-refractivity contribution < 1.29 is 13.2 Å². The Hall–Kier alpha value is -2.64. The third kappa shape index (κ3) is 4.75. The predicted molar refractivity (Wildman–Crippen MR) is 111 cm³/mol. The van der Waals surface area contributed by atoms with Gasteiger partial charge in [-0.15, -0.1) is 0 Å². The average molecular weight is 445 g/mol. The molecule has 0 aliphatic heterocycles. The molecule has 2 N–H and O–H groups in total. The largest absolute Gasteiger partial charge is 0.321 e. The van der Waals surface area contributed by atoms with Crippen molar-refractivity contribution in [2.24, 2.45) is 0 Å². The van der Waals surface area contributed by atoms with Gasteiger partial charge in [-0.1, -0.05) is 35.9 Å². The molecule has 1 amide bonds. The van der Waals surface area contributed by atoms with Gasteiger partial charge in [0.1, 0.15) is 0 Å². The fraction of sp³-hybridized carbons (Fsp3) is 0.0500. The second-order valence-electron chi connectivity index (χ2n) is 5.93.